The molecule has 7 nitrogen and oxygen atoms in total. The van der Waals surface area contributed by atoms with E-state index in [1.165, 1.54) is 5.69 Å². The molecule has 0 saturated carbocycles. The molecule has 1 aromatic carbocycles. The van der Waals surface area contributed by atoms with Gasteiger partial charge in [0.25, 0.3) is 5.91 Å². The van der Waals surface area contributed by atoms with Crippen LogP contribution < -0.4 is 10.2 Å². The predicted octanol–water partition coefficient (Wildman–Crippen LogP) is 1.83. The zero-order chi connectivity index (χ0) is 19.5. The summed E-state index contributed by atoms with van der Waals surface area (Å²) in [5, 5.41) is 8.30. The first-order valence-electron chi connectivity index (χ1n) is 9.72. The lowest BCUT2D eigenvalue weighted by atomic mass is 10.2. The minimum atomic E-state index is -0.0828. The summed E-state index contributed by atoms with van der Waals surface area (Å²) >= 11 is 0. The Hall–Kier alpha value is -2.93. The van der Waals surface area contributed by atoms with E-state index in [2.05, 4.69) is 49.5 Å². The molecule has 0 radical (unpaired) electrons. The van der Waals surface area contributed by atoms with Crippen LogP contribution in [0.15, 0.2) is 42.6 Å². The number of hydrogen-bond acceptors (Lipinski definition) is 5. The number of fused-ring (bicyclic) bond motifs is 1. The third-order valence-corrected chi connectivity index (χ3v) is 5.33. The van der Waals surface area contributed by atoms with E-state index in [0.717, 1.165) is 49.5 Å². The van der Waals surface area contributed by atoms with E-state index in [4.69, 9.17) is 0 Å². The van der Waals surface area contributed by atoms with Gasteiger partial charge in [0.05, 0.1) is 11.3 Å². The molecule has 0 aliphatic carbocycles. The second-order valence-electron chi connectivity index (χ2n) is 7.22. The molecule has 1 saturated heterocycles. The monoisotopic (exact) mass is 378 g/mol. The number of pyridine rings is 1. The average molecular weight is 378 g/mol. The van der Waals surface area contributed by atoms with Gasteiger partial charge in [-0.3, -0.25) is 14.4 Å². The smallest absolute Gasteiger partial charge is 0.252 e. The maximum atomic E-state index is 12.5. The van der Waals surface area contributed by atoms with Gasteiger partial charge in [0, 0.05) is 63.6 Å². The van der Waals surface area contributed by atoms with Crippen LogP contribution in [-0.2, 0) is 7.05 Å². The summed E-state index contributed by atoms with van der Waals surface area (Å²) in [6, 6.07) is 12.4. The molecule has 2 aromatic heterocycles. The first-order chi connectivity index (χ1) is 13.6. The number of aromatic nitrogens is 3. The Morgan fingerprint density at radius 1 is 1.14 bits per heavy atom. The van der Waals surface area contributed by atoms with Crippen LogP contribution in [0.25, 0.3) is 11.0 Å². The van der Waals surface area contributed by atoms with Crippen molar-refractivity contribution in [3.05, 3.63) is 53.9 Å². The largest absolute Gasteiger partial charge is 0.369 e. The number of rotatable bonds is 5. The van der Waals surface area contributed by atoms with Crippen molar-refractivity contribution in [1.82, 2.24) is 25.0 Å². The van der Waals surface area contributed by atoms with Crippen molar-refractivity contribution in [2.45, 2.75) is 6.92 Å². The van der Waals surface area contributed by atoms with Crippen LogP contribution in [0, 0.1) is 6.92 Å². The van der Waals surface area contributed by atoms with E-state index >= 15 is 0 Å². The summed E-state index contributed by atoms with van der Waals surface area (Å²) in [5.74, 6) is -0.0828. The topological polar surface area (TPSA) is 66.3 Å². The summed E-state index contributed by atoms with van der Waals surface area (Å²) in [6.07, 6.45) is 1.62. The Bertz CT molecular complexity index is 960. The molecule has 1 aliphatic heterocycles. The SMILES string of the molecule is Cc1nn(C)c2ncc(C(=O)NCCN3CCN(c4ccccc4)CC3)cc12. The highest BCUT2D eigenvalue weighted by molar-refractivity contribution is 5.97. The lowest BCUT2D eigenvalue weighted by Gasteiger charge is -2.36. The van der Waals surface area contributed by atoms with Crippen molar-refractivity contribution in [2.24, 2.45) is 7.05 Å². The van der Waals surface area contributed by atoms with Crippen molar-refractivity contribution >= 4 is 22.6 Å². The molecule has 1 fully saturated rings. The molecule has 3 heterocycles. The Labute approximate surface area is 165 Å². The van der Waals surface area contributed by atoms with Crippen molar-refractivity contribution in [3.63, 3.8) is 0 Å². The molecule has 7 heteroatoms. The minimum absolute atomic E-state index is 0.0828. The minimum Gasteiger partial charge on any atom is -0.369 e. The van der Waals surface area contributed by atoms with Crippen LogP contribution >= 0.6 is 0 Å². The van der Waals surface area contributed by atoms with Gasteiger partial charge in [-0.05, 0) is 25.1 Å². The van der Waals surface area contributed by atoms with Crippen LogP contribution in [0.1, 0.15) is 16.1 Å². The van der Waals surface area contributed by atoms with Gasteiger partial charge in [-0.1, -0.05) is 18.2 Å². The number of hydrogen-bond donors (Lipinski definition) is 1. The summed E-state index contributed by atoms with van der Waals surface area (Å²) in [6.45, 7) is 7.46. The van der Waals surface area contributed by atoms with Gasteiger partial charge < -0.3 is 10.2 Å². The number of para-hydroxylation sites is 1. The van der Waals surface area contributed by atoms with E-state index in [1.54, 1.807) is 10.9 Å². The number of carbonyl (C=O) groups is 1. The second kappa shape index (κ2) is 7.98. The zero-order valence-corrected chi connectivity index (χ0v) is 16.4. The molecule has 3 aromatic rings. The predicted molar refractivity (Wildman–Crippen MR) is 111 cm³/mol. The van der Waals surface area contributed by atoms with Crippen molar-refractivity contribution in [1.29, 1.82) is 0 Å². The van der Waals surface area contributed by atoms with Crippen LogP contribution in [0.5, 0.6) is 0 Å². The Morgan fingerprint density at radius 3 is 2.64 bits per heavy atom. The quantitative estimate of drug-likeness (QED) is 0.734. The molecule has 0 unspecified atom stereocenters. The summed E-state index contributed by atoms with van der Waals surface area (Å²) < 4.78 is 1.74. The van der Waals surface area contributed by atoms with Gasteiger partial charge >= 0.3 is 0 Å². The van der Waals surface area contributed by atoms with Gasteiger partial charge in [0.2, 0.25) is 0 Å². The lowest BCUT2D eigenvalue weighted by Crippen LogP contribution is -2.48. The maximum absolute atomic E-state index is 12.5. The summed E-state index contributed by atoms with van der Waals surface area (Å²) in [7, 11) is 1.86. The molecule has 0 bridgehead atoms. The Balaban J connectivity index is 1.26. The number of aryl methyl sites for hydroxylation is 2. The number of nitrogens with one attached hydrogen (secondary N) is 1. The van der Waals surface area contributed by atoms with Crippen LogP contribution in [0.2, 0.25) is 0 Å². The average Bonchev–Trinajstić information content (AvgIpc) is 3.02. The molecule has 0 spiro atoms. The molecular weight excluding hydrogens is 352 g/mol. The number of amides is 1. The molecule has 1 N–H and O–H groups in total. The molecular formula is C21H26N6O. The standard InChI is InChI=1S/C21H26N6O/c1-16-19-14-17(15-23-20(19)25(2)24-16)21(28)22-8-9-26-10-12-27(13-11-26)18-6-4-3-5-7-18/h3-7,14-15H,8-13H2,1-2H3,(H,22,28). The Morgan fingerprint density at radius 2 is 1.89 bits per heavy atom. The normalized spacial score (nSPS) is 15.1. The van der Waals surface area contributed by atoms with Gasteiger partial charge in [-0.15, -0.1) is 0 Å². The van der Waals surface area contributed by atoms with Crippen LogP contribution in [0.3, 0.4) is 0 Å². The highest BCUT2D eigenvalue weighted by Crippen LogP contribution is 2.17. The maximum Gasteiger partial charge on any atom is 0.252 e. The molecule has 28 heavy (non-hydrogen) atoms. The summed E-state index contributed by atoms with van der Waals surface area (Å²) in [5.41, 5.74) is 3.54. The second-order valence-corrected chi connectivity index (χ2v) is 7.22. The molecule has 4 rings (SSSR count). The molecule has 0 atom stereocenters. The van der Waals surface area contributed by atoms with Gasteiger partial charge in [0.1, 0.15) is 0 Å². The lowest BCUT2D eigenvalue weighted by molar-refractivity contribution is 0.0947. The number of piperazine rings is 1. The molecule has 1 aliphatic rings. The third kappa shape index (κ3) is 3.84. The highest BCUT2D eigenvalue weighted by atomic mass is 16.1. The molecule has 1 amide bonds. The third-order valence-electron chi connectivity index (χ3n) is 5.33. The number of anilines is 1. The number of carbonyl (C=O) groups excluding carboxylic acids is 1. The van der Waals surface area contributed by atoms with Gasteiger partial charge in [0.15, 0.2) is 5.65 Å². The van der Waals surface area contributed by atoms with E-state index in [9.17, 15) is 4.79 Å². The zero-order valence-electron chi connectivity index (χ0n) is 16.4. The van der Waals surface area contributed by atoms with Gasteiger partial charge in [-0.25, -0.2) is 4.98 Å². The fourth-order valence-electron chi connectivity index (χ4n) is 3.73. The van der Waals surface area contributed by atoms with Gasteiger partial charge in [-0.2, -0.15) is 5.10 Å². The van der Waals surface area contributed by atoms with E-state index in [0.29, 0.717) is 12.1 Å². The Kier molecular flexibility index (Phi) is 5.25. The van der Waals surface area contributed by atoms with E-state index in [-0.39, 0.29) is 5.91 Å². The van der Waals surface area contributed by atoms with Crippen molar-refractivity contribution in [3.8, 4) is 0 Å². The van der Waals surface area contributed by atoms with E-state index < -0.39 is 0 Å². The first kappa shape index (κ1) is 18.4. The first-order valence-corrected chi connectivity index (χ1v) is 9.72. The number of nitrogens with zero attached hydrogens (tertiary/aromatic N) is 5. The fraction of sp³-hybridized carbons (Fsp3) is 0.381. The van der Waals surface area contributed by atoms with Crippen molar-refractivity contribution in [2.75, 3.05) is 44.2 Å². The van der Waals surface area contributed by atoms with Crippen LogP contribution in [0.4, 0.5) is 5.69 Å². The van der Waals surface area contributed by atoms with E-state index in [1.807, 2.05) is 26.1 Å². The van der Waals surface area contributed by atoms with Crippen LogP contribution in [-0.4, -0.2) is 64.8 Å². The number of benzene rings is 1. The molecule has 146 valence electrons. The fourth-order valence-corrected chi connectivity index (χ4v) is 3.73. The van der Waals surface area contributed by atoms with Crippen molar-refractivity contribution < 1.29 is 4.79 Å². The highest BCUT2D eigenvalue weighted by Gasteiger charge is 2.17. The summed E-state index contributed by atoms with van der Waals surface area (Å²) in [4.78, 5) is 21.7.